The summed E-state index contributed by atoms with van der Waals surface area (Å²) in [4.78, 5) is 300. The second-order valence-corrected chi connectivity index (χ2v) is 34.0. The Morgan fingerprint density at radius 3 is 1.31 bits per heavy atom. The van der Waals surface area contributed by atoms with E-state index in [1.165, 1.54) is 51.9 Å². The fourth-order valence-corrected chi connectivity index (χ4v) is 13.6. The zero-order valence-electron chi connectivity index (χ0n) is 77.6. The summed E-state index contributed by atoms with van der Waals surface area (Å²) in [5.41, 5.74) is 29.1. The van der Waals surface area contributed by atoms with E-state index in [9.17, 15) is 116 Å². The number of rotatable bonds is 62. The number of nitrogens with zero attached hydrogens (tertiary/aromatic N) is 3. The Labute approximate surface area is 783 Å². The van der Waals surface area contributed by atoms with Crippen molar-refractivity contribution in [1.29, 1.82) is 0 Å². The van der Waals surface area contributed by atoms with Gasteiger partial charge in [-0.2, -0.15) is 0 Å². The van der Waals surface area contributed by atoms with Gasteiger partial charge in [-0.3, -0.25) is 101 Å². The Hall–Kier alpha value is -14.2. The summed E-state index contributed by atoms with van der Waals surface area (Å²) in [6, 6.07) is -12.2. The number of anilines is 1. The van der Waals surface area contributed by atoms with E-state index in [0.717, 1.165) is 11.8 Å². The van der Waals surface area contributed by atoms with Crippen molar-refractivity contribution in [2.45, 2.75) is 256 Å². The van der Waals surface area contributed by atoms with Crippen molar-refractivity contribution in [3.63, 3.8) is 0 Å². The molecule has 0 saturated carbocycles. The molecule has 4 rings (SSSR count). The number of aliphatic carboxylic acids is 3. The zero-order valence-corrected chi connectivity index (χ0v) is 77.6. The van der Waals surface area contributed by atoms with Gasteiger partial charge in [0.05, 0.1) is 62.6 Å². The van der Waals surface area contributed by atoms with Crippen LogP contribution in [0.1, 0.15) is 164 Å². The first kappa shape index (κ1) is 114. The normalized spacial score (nSPS) is 14.5. The van der Waals surface area contributed by atoms with Crippen LogP contribution in [0, 0.1) is 23.7 Å². The highest BCUT2D eigenvalue weighted by atomic mass is 16.4. The number of H-pyrrole nitrogens is 2. The number of unbranched alkanes of at least 4 members (excludes halogenated alkanes) is 2. The molecule has 15 atom stereocenters. The van der Waals surface area contributed by atoms with Gasteiger partial charge >= 0.3 is 17.9 Å². The molecule has 0 aliphatic rings. The average molecular weight is 1920 g/mol. The second kappa shape index (κ2) is 57.4. The van der Waals surface area contributed by atoms with Gasteiger partial charge < -0.3 is 139 Å². The standard InChI is InChI=1S/C86H131N25O25/c1-42(2)29-57(104-74(123)53(19-13-15-27-87)101-75(124)54(23-25-63(89)113)102-77(126)58(31-50-35-92-40-96-50)105-78(127)59(32-51-36-93-41-97-51)108-83(132)69(91)43(3)4)80(129)110-71(45(7)8)85(134)111(52-22-21-48-17-11-12-18-49(48)30-52)47(10)73(122)94-37-65(115)98-46(9)72(121)100-55(24-26-67(117)118)76(125)107-61(34-68(119)120)81(130)109-70(44(5)6)84(133)95-38-66(116)99-62(39-112)82(131)106-60(33-64(90)114)79(128)103-56(86(135)136)20-14-16-28-88/h11-12,17-18,21-22,30,35-36,40-47,53-62,69-71,112H,13-16,19-20,23-29,31-34,37-39,87-88,91H2,1-10H3,(H2,89,113)(H2,90,114)(H,92,96)(H,93,97)(H,94,122)(H,95,133)(H,98,115)(H,99,116)(H,100,121)(H,101,124)(H,102,126)(H,103,128)(H,104,123)(H,105,127)(H,106,131)(H,107,125)(H,108,132)(H,109,130)(H,110,129)(H,117,118)(H,119,120)(H,135,136)/t46-,47-,53-,54-,55-,56-,57-,58-,59-,60-,61-,62-,69-,70-,71-/m0/s1. The van der Waals surface area contributed by atoms with E-state index in [1.54, 1.807) is 77.9 Å². The van der Waals surface area contributed by atoms with Crippen LogP contribution in [0.3, 0.4) is 0 Å². The number of aromatic amines is 2. The molecule has 0 aliphatic heterocycles. The molecule has 0 aliphatic carbocycles. The smallest absolute Gasteiger partial charge is 0.326 e. The number of aromatic nitrogens is 4. The van der Waals surface area contributed by atoms with Gasteiger partial charge in [-0.15, -0.1) is 0 Å². The zero-order chi connectivity index (χ0) is 102. The molecule has 0 saturated heterocycles. The van der Waals surface area contributed by atoms with E-state index >= 15 is 4.79 Å². The van der Waals surface area contributed by atoms with Gasteiger partial charge in [-0.25, -0.2) is 14.8 Å². The van der Waals surface area contributed by atoms with E-state index in [-0.39, 0.29) is 81.3 Å². The number of hydrogen-bond donors (Lipinski definition) is 26. The molecule has 18 amide bonds. The lowest BCUT2D eigenvalue weighted by Crippen LogP contribution is -2.61. The van der Waals surface area contributed by atoms with Crippen molar-refractivity contribution in [1.82, 2.24) is 99.7 Å². The number of imidazole rings is 2. The van der Waals surface area contributed by atoms with Gasteiger partial charge in [0.1, 0.15) is 84.6 Å². The number of carbonyl (C=O) groups is 21. The summed E-state index contributed by atoms with van der Waals surface area (Å²) in [5, 5.41) is 76.4. The highest BCUT2D eigenvalue weighted by Gasteiger charge is 2.41. The Morgan fingerprint density at radius 1 is 0.404 bits per heavy atom. The summed E-state index contributed by atoms with van der Waals surface area (Å²) < 4.78 is 0. The third-order valence-corrected chi connectivity index (χ3v) is 21.3. The third kappa shape index (κ3) is 39.2. The van der Waals surface area contributed by atoms with Crippen molar-refractivity contribution in [3.8, 4) is 0 Å². The molecule has 31 N–H and O–H groups in total. The van der Waals surface area contributed by atoms with Gasteiger partial charge in [-0.1, -0.05) is 85.7 Å². The molecule has 2 aromatic heterocycles. The second-order valence-electron chi connectivity index (χ2n) is 34.0. The van der Waals surface area contributed by atoms with Crippen LogP contribution >= 0.6 is 0 Å². The molecular weight excluding hydrogens is 1780 g/mol. The average Bonchev–Trinajstić information content (AvgIpc) is 0.836. The predicted molar refractivity (Wildman–Crippen MR) is 486 cm³/mol. The Kier molecular flexibility index (Phi) is 48.2. The molecule has 2 heterocycles. The number of amides is 18. The fraction of sp³-hybridized carbons (Fsp3) is 0.570. The topological polar surface area (TPSA) is 811 Å². The number of carboxylic acid groups (broad SMARTS) is 3. The highest BCUT2D eigenvalue weighted by Crippen LogP contribution is 2.27. The lowest BCUT2D eigenvalue weighted by molar-refractivity contribution is -0.143. The summed E-state index contributed by atoms with van der Waals surface area (Å²) in [7, 11) is 0. The fourth-order valence-electron chi connectivity index (χ4n) is 13.6. The van der Waals surface area contributed by atoms with Crippen molar-refractivity contribution in [2.75, 3.05) is 37.7 Å². The van der Waals surface area contributed by atoms with E-state index < -0.39 is 285 Å². The van der Waals surface area contributed by atoms with Gasteiger partial charge in [0.2, 0.25) is 100 Å². The molecule has 136 heavy (non-hydrogen) atoms. The maximum absolute atomic E-state index is 15.5. The molecule has 4 aromatic rings. The van der Waals surface area contributed by atoms with Gasteiger partial charge in [0.25, 0.3) is 5.91 Å². The molecule has 0 bridgehead atoms. The molecular formula is C86H131N25O25. The van der Waals surface area contributed by atoms with Crippen LogP contribution < -0.4 is 113 Å². The van der Waals surface area contributed by atoms with Crippen LogP contribution in [-0.2, 0) is 114 Å². The Bertz CT molecular complexity index is 4780. The van der Waals surface area contributed by atoms with Crippen molar-refractivity contribution in [2.24, 2.45) is 52.3 Å². The minimum absolute atomic E-state index is 0.0781. The van der Waals surface area contributed by atoms with Crippen molar-refractivity contribution >= 4 is 141 Å². The molecule has 750 valence electrons. The van der Waals surface area contributed by atoms with E-state index in [1.807, 2.05) is 0 Å². The Balaban J connectivity index is 1.54. The minimum atomic E-state index is -2.08. The summed E-state index contributed by atoms with van der Waals surface area (Å²) in [5.74, 6) is -25.9. The molecule has 0 spiro atoms. The Morgan fingerprint density at radius 2 is 0.831 bits per heavy atom. The van der Waals surface area contributed by atoms with Crippen LogP contribution in [0.4, 0.5) is 5.69 Å². The minimum Gasteiger partial charge on any atom is -0.481 e. The van der Waals surface area contributed by atoms with E-state index in [2.05, 4.69) is 99.7 Å². The number of hydrogen-bond acceptors (Lipinski definition) is 27. The molecule has 50 nitrogen and oxygen atoms in total. The third-order valence-electron chi connectivity index (χ3n) is 21.3. The maximum Gasteiger partial charge on any atom is 0.326 e. The van der Waals surface area contributed by atoms with E-state index in [4.69, 9.17) is 28.7 Å². The quantitative estimate of drug-likeness (QED) is 0.0183. The van der Waals surface area contributed by atoms with E-state index in [0.29, 0.717) is 29.3 Å². The number of nitrogens with one attached hydrogen (secondary N) is 17. The summed E-state index contributed by atoms with van der Waals surface area (Å²) in [6.07, 6.45) is 1.61. The molecule has 0 unspecified atom stereocenters. The predicted octanol–water partition coefficient (Wildman–Crippen LogP) is -6.80. The monoisotopic (exact) mass is 1910 g/mol. The van der Waals surface area contributed by atoms with Crippen LogP contribution in [0.15, 0.2) is 67.5 Å². The lowest BCUT2D eigenvalue weighted by Gasteiger charge is -2.34. The summed E-state index contributed by atoms with van der Waals surface area (Å²) >= 11 is 0. The first-order valence-corrected chi connectivity index (χ1v) is 44.3. The first-order chi connectivity index (χ1) is 64.1. The number of primary amides is 2. The van der Waals surface area contributed by atoms with Gasteiger partial charge in [0, 0.05) is 43.8 Å². The maximum atomic E-state index is 15.5. The number of fused-ring (bicyclic) bond motifs is 1. The lowest BCUT2D eigenvalue weighted by atomic mass is 9.98. The molecule has 50 heteroatoms. The summed E-state index contributed by atoms with van der Waals surface area (Å²) in [6.45, 7) is 12.6. The van der Waals surface area contributed by atoms with Crippen molar-refractivity contribution in [3.05, 3.63) is 78.9 Å². The molecule has 0 radical (unpaired) electrons. The number of aliphatic hydroxyl groups excluding tert-OH is 1. The van der Waals surface area contributed by atoms with Crippen LogP contribution in [-0.4, -0.2) is 288 Å². The van der Waals surface area contributed by atoms with Crippen LogP contribution in [0.2, 0.25) is 0 Å². The SMILES string of the molecule is CC(C)C[C@H](NC(=O)[C@H](CCCCN)NC(=O)[C@H](CCC(N)=O)NC(=O)[C@H](Cc1c[nH]cn1)NC(=O)[C@H](Cc1c[nH]cn1)NC(=O)[C@@H](N)C(C)C)C(=O)N[C@H](C(=O)N(c1ccc2ccccc2c1)[C@@H](C)C(=O)NCC(=O)N[C@@H](C)C(=O)N[C@@H](CCC(=O)O)C(=O)N[C@@H](CC(=O)O)C(=O)N[C@H](C(=O)NCC(=O)N[C@@H](CO)C(=O)N[C@@H](CC(N)=O)C(=O)N[C@@H](CCCCN)C(=O)O)C(C)C)C(C)C. The molecule has 0 fully saturated rings. The molecule has 2 aromatic carbocycles. The number of carboxylic acids is 3. The highest BCUT2D eigenvalue weighted by molar-refractivity contribution is 6.07. The van der Waals surface area contributed by atoms with Gasteiger partial charge in [0.15, 0.2) is 0 Å². The van der Waals surface area contributed by atoms with Crippen LogP contribution in [0.25, 0.3) is 10.8 Å². The number of aliphatic hydroxyl groups is 1. The first-order valence-electron chi connectivity index (χ1n) is 44.3. The number of carbonyl (C=O) groups excluding carboxylic acids is 18. The van der Waals surface area contributed by atoms with Crippen LogP contribution in [0.5, 0.6) is 0 Å². The number of nitrogens with two attached hydrogens (primary N) is 5. The van der Waals surface area contributed by atoms with Gasteiger partial charge in [-0.05, 0) is 131 Å². The van der Waals surface area contributed by atoms with Crippen molar-refractivity contribution < 1.29 is 121 Å². The largest absolute Gasteiger partial charge is 0.481 e. The number of benzene rings is 2.